The van der Waals surface area contributed by atoms with Gasteiger partial charge >= 0.3 is 0 Å². The minimum atomic E-state index is -0.200. The fourth-order valence-corrected chi connectivity index (χ4v) is 3.05. The Bertz CT molecular complexity index is 563. The van der Waals surface area contributed by atoms with Gasteiger partial charge in [0.1, 0.15) is 5.25 Å². The molecule has 0 spiro atoms. The summed E-state index contributed by atoms with van der Waals surface area (Å²) in [5.74, 6) is 0.113. The van der Waals surface area contributed by atoms with Gasteiger partial charge in [0, 0.05) is 19.0 Å². The number of amides is 1. The van der Waals surface area contributed by atoms with Crippen molar-refractivity contribution in [1.82, 2.24) is 4.90 Å². The molecule has 0 fully saturated rings. The third-order valence-electron chi connectivity index (χ3n) is 3.04. The van der Waals surface area contributed by atoms with Crippen molar-refractivity contribution in [3.05, 3.63) is 65.7 Å². The van der Waals surface area contributed by atoms with Crippen molar-refractivity contribution in [2.75, 3.05) is 14.1 Å². The number of aryl methyl sites for hydroxylation is 1. The van der Waals surface area contributed by atoms with Gasteiger partial charge in [0.25, 0.3) is 0 Å². The molecule has 0 aliphatic heterocycles. The molecule has 0 aliphatic rings. The summed E-state index contributed by atoms with van der Waals surface area (Å²) in [5.41, 5.74) is 2.27. The van der Waals surface area contributed by atoms with Crippen molar-refractivity contribution in [3.8, 4) is 0 Å². The summed E-state index contributed by atoms with van der Waals surface area (Å²) in [6.07, 6.45) is 0. The fourth-order valence-electron chi connectivity index (χ4n) is 1.88. The van der Waals surface area contributed by atoms with E-state index >= 15 is 0 Å². The maximum Gasteiger partial charge on any atom is 0.240 e. The predicted molar refractivity (Wildman–Crippen MR) is 84.9 cm³/mol. The van der Waals surface area contributed by atoms with Gasteiger partial charge in [-0.1, -0.05) is 48.0 Å². The number of carbonyl (C=O) groups is 1. The average molecular weight is 285 g/mol. The van der Waals surface area contributed by atoms with Crippen LogP contribution < -0.4 is 0 Å². The number of likely N-dealkylation sites (N-methyl/N-ethyl adjacent to an activating group) is 1. The molecule has 2 nitrogen and oxygen atoms in total. The van der Waals surface area contributed by atoms with E-state index in [0.29, 0.717) is 0 Å². The molecule has 1 amide bonds. The highest BCUT2D eigenvalue weighted by Gasteiger charge is 2.23. The maximum absolute atomic E-state index is 12.4. The number of thioether (sulfide) groups is 1. The second kappa shape index (κ2) is 6.62. The van der Waals surface area contributed by atoms with Gasteiger partial charge in [0.15, 0.2) is 0 Å². The van der Waals surface area contributed by atoms with Crippen LogP contribution in [0.2, 0.25) is 0 Å². The van der Waals surface area contributed by atoms with Gasteiger partial charge < -0.3 is 4.90 Å². The van der Waals surface area contributed by atoms with E-state index in [4.69, 9.17) is 0 Å². The van der Waals surface area contributed by atoms with Gasteiger partial charge in [0.2, 0.25) is 5.91 Å². The zero-order valence-corrected chi connectivity index (χ0v) is 12.9. The molecular weight excluding hydrogens is 266 g/mol. The first-order chi connectivity index (χ1) is 9.58. The number of nitrogens with zero attached hydrogens (tertiary/aromatic N) is 1. The van der Waals surface area contributed by atoms with Crippen LogP contribution in [0, 0.1) is 6.92 Å². The van der Waals surface area contributed by atoms with Crippen LogP contribution in [-0.4, -0.2) is 24.9 Å². The largest absolute Gasteiger partial charge is 0.348 e. The van der Waals surface area contributed by atoms with Gasteiger partial charge in [-0.3, -0.25) is 4.79 Å². The van der Waals surface area contributed by atoms with Crippen LogP contribution in [0.15, 0.2) is 59.5 Å². The molecule has 0 radical (unpaired) electrons. The monoisotopic (exact) mass is 285 g/mol. The van der Waals surface area contributed by atoms with Crippen molar-refractivity contribution in [1.29, 1.82) is 0 Å². The van der Waals surface area contributed by atoms with E-state index in [2.05, 4.69) is 31.2 Å². The summed E-state index contributed by atoms with van der Waals surface area (Å²) in [4.78, 5) is 15.2. The standard InChI is InChI=1S/C17H19NOS/c1-13-9-11-15(12-10-13)20-16(17(19)18(2)3)14-7-5-4-6-8-14/h4-12,16H,1-3H3. The minimum Gasteiger partial charge on any atom is -0.348 e. The molecule has 2 rings (SSSR count). The summed E-state index contributed by atoms with van der Waals surface area (Å²) in [6.45, 7) is 2.06. The third kappa shape index (κ3) is 3.64. The lowest BCUT2D eigenvalue weighted by molar-refractivity contribution is -0.128. The molecule has 104 valence electrons. The van der Waals surface area contributed by atoms with Gasteiger partial charge in [-0.15, -0.1) is 11.8 Å². The van der Waals surface area contributed by atoms with Gasteiger partial charge in [-0.2, -0.15) is 0 Å². The lowest BCUT2D eigenvalue weighted by atomic mass is 10.1. The fraction of sp³-hybridized carbons (Fsp3) is 0.235. The number of hydrogen-bond acceptors (Lipinski definition) is 2. The number of carbonyl (C=O) groups excluding carboxylic acids is 1. The third-order valence-corrected chi connectivity index (χ3v) is 4.30. The molecule has 0 saturated heterocycles. The first kappa shape index (κ1) is 14.7. The average Bonchev–Trinajstić information content (AvgIpc) is 2.47. The highest BCUT2D eigenvalue weighted by Crippen LogP contribution is 2.36. The predicted octanol–water partition coefficient (Wildman–Crippen LogP) is 3.92. The van der Waals surface area contributed by atoms with Crippen molar-refractivity contribution in [2.45, 2.75) is 17.1 Å². The molecule has 1 atom stereocenters. The molecule has 0 bridgehead atoms. The molecule has 1 unspecified atom stereocenters. The Hall–Kier alpha value is -1.74. The summed E-state index contributed by atoms with van der Waals surface area (Å²) >= 11 is 1.60. The molecule has 2 aromatic carbocycles. The van der Waals surface area contributed by atoms with Crippen molar-refractivity contribution in [2.24, 2.45) is 0 Å². The zero-order valence-electron chi connectivity index (χ0n) is 12.0. The summed E-state index contributed by atoms with van der Waals surface area (Å²) < 4.78 is 0. The van der Waals surface area contributed by atoms with Crippen molar-refractivity contribution in [3.63, 3.8) is 0 Å². The first-order valence-corrected chi connectivity index (χ1v) is 7.45. The molecule has 0 aromatic heterocycles. The normalized spacial score (nSPS) is 11.9. The van der Waals surface area contributed by atoms with Crippen LogP contribution in [-0.2, 0) is 4.79 Å². The minimum absolute atomic E-state index is 0.113. The molecule has 0 N–H and O–H groups in total. The van der Waals surface area contributed by atoms with Crippen LogP contribution in [0.4, 0.5) is 0 Å². The molecule has 0 heterocycles. The van der Waals surface area contributed by atoms with E-state index in [-0.39, 0.29) is 11.2 Å². The molecule has 0 aliphatic carbocycles. The molecule has 2 aromatic rings. The highest BCUT2D eigenvalue weighted by molar-refractivity contribution is 8.00. The van der Waals surface area contributed by atoms with Crippen molar-refractivity contribution >= 4 is 17.7 Å². The van der Waals surface area contributed by atoms with Gasteiger partial charge in [-0.25, -0.2) is 0 Å². The topological polar surface area (TPSA) is 20.3 Å². The number of hydrogen-bond donors (Lipinski definition) is 0. The van der Waals surface area contributed by atoms with E-state index in [9.17, 15) is 4.79 Å². The Kier molecular flexibility index (Phi) is 4.85. The number of benzene rings is 2. The maximum atomic E-state index is 12.4. The lowest BCUT2D eigenvalue weighted by Gasteiger charge is -2.20. The van der Waals surface area contributed by atoms with Gasteiger partial charge in [0.05, 0.1) is 0 Å². The SMILES string of the molecule is Cc1ccc(SC(C(=O)N(C)C)c2ccccc2)cc1. The number of rotatable bonds is 4. The van der Waals surface area contributed by atoms with Crippen molar-refractivity contribution < 1.29 is 4.79 Å². The summed E-state index contributed by atoms with van der Waals surface area (Å²) in [5, 5.41) is -0.200. The van der Waals surface area contributed by atoms with E-state index in [1.165, 1.54) is 5.56 Å². The van der Waals surface area contributed by atoms with E-state index in [0.717, 1.165) is 10.5 Å². The second-order valence-electron chi connectivity index (χ2n) is 4.95. The highest BCUT2D eigenvalue weighted by atomic mass is 32.2. The van der Waals surface area contributed by atoms with Crippen LogP contribution >= 0.6 is 11.8 Å². The Balaban J connectivity index is 2.28. The van der Waals surface area contributed by atoms with Crippen LogP contribution in [0.1, 0.15) is 16.4 Å². The Morgan fingerprint density at radius 1 is 1.00 bits per heavy atom. The second-order valence-corrected chi connectivity index (χ2v) is 6.13. The Labute approximate surface area is 124 Å². The Morgan fingerprint density at radius 3 is 2.15 bits per heavy atom. The van der Waals surface area contributed by atoms with E-state index < -0.39 is 0 Å². The molecular formula is C17H19NOS. The molecule has 3 heteroatoms. The van der Waals surface area contributed by atoms with Crippen LogP contribution in [0.3, 0.4) is 0 Å². The van der Waals surface area contributed by atoms with E-state index in [1.54, 1.807) is 30.8 Å². The molecule has 20 heavy (non-hydrogen) atoms. The molecule has 0 saturated carbocycles. The zero-order chi connectivity index (χ0) is 14.5. The quantitative estimate of drug-likeness (QED) is 0.794. The lowest BCUT2D eigenvalue weighted by Crippen LogP contribution is -2.26. The summed E-state index contributed by atoms with van der Waals surface area (Å²) in [6, 6.07) is 18.2. The first-order valence-electron chi connectivity index (χ1n) is 6.57. The summed E-state index contributed by atoms with van der Waals surface area (Å²) in [7, 11) is 3.60. The smallest absolute Gasteiger partial charge is 0.240 e. The van der Waals surface area contributed by atoms with E-state index in [1.807, 2.05) is 30.3 Å². The van der Waals surface area contributed by atoms with Crippen LogP contribution in [0.25, 0.3) is 0 Å². The van der Waals surface area contributed by atoms with Crippen LogP contribution in [0.5, 0.6) is 0 Å². The van der Waals surface area contributed by atoms with Gasteiger partial charge in [-0.05, 0) is 24.6 Å². The Morgan fingerprint density at radius 2 is 1.60 bits per heavy atom.